The molecule has 30 heavy (non-hydrogen) atoms. The zero-order valence-electron chi connectivity index (χ0n) is 15.7. The van der Waals surface area contributed by atoms with Crippen LogP contribution in [0.25, 0.3) is 22.1 Å². The van der Waals surface area contributed by atoms with Gasteiger partial charge in [-0.25, -0.2) is 0 Å². The van der Waals surface area contributed by atoms with Crippen molar-refractivity contribution in [2.75, 3.05) is 12.4 Å². The molecular formula is C23H15Cl2NO4. The van der Waals surface area contributed by atoms with Crippen molar-refractivity contribution in [2.24, 2.45) is 0 Å². The molecule has 0 atom stereocenters. The van der Waals surface area contributed by atoms with Crippen molar-refractivity contribution in [1.29, 1.82) is 0 Å². The minimum Gasteiger partial charge on any atom is -0.497 e. The number of anilines is 1. The maximum atomic E-state index is 13.3. The summed E-state index contributed by atoms with van der Waals surface area (Å²) in [6.07, 6.45) is 0. The van der Waals surface area contributed by atoms with Crippen molar-refractivity contribution in [3.8, 4) is 16.9 Å². The fraction of sp³-hybridized carbons (Fsp3) is 0.0435. The van der Waals surface area contributed by atoms with E-state index in [2.05, 4.69) is 5.32 Å². The maximum absolute atomic E-state index is 13.3. The quantitative estimate of drug-likeness (QED) is 0.421. The van der Waals surface area contributed by atoms with Crippen molar-refractivity contribution in [2.45, 2.75) is 0 Å². The van der Waals surface area contributed by atoms with E-state index in [-0.39, 0.29) is 16.9 Å². The number of nitrogens with one attached hydrogen (secondary N) is 1. The lowest BCUT2D eigenvalue weighted by Gasteiger charge is -2.12. The number of rotatable bonds is 4. The predicted molar refractivity (Wildman–Crippen MR) is 119 cm³/mol. The lowest BCUT2D eigenvalue weighted by Crippen LogP contribution is -2.16. The van der Waals surface area contributed by atoms with E-state index in [4.69, 9.17) is 32.4 Å². The summed E-state index contributed by atoms with van der Waals surface area (Å²) in [5.41, 5.74) is 1.10. The van der Waals surface area contributed by atoms with Crippen LogP contribution in [-0.4, -0.2) is 13.0 Å². The van der Waals surface area contributed by atoms with Crippen LogP contribution < -0.4 is 15.5 Å². The molecule has 1 N–H and O–H groups in total. The molecule has 0 radical (unpaired) electrons. The first-order valence-electron chi connectivity index (χ1n) is 8.94. The Balaban J connectivity index is 1.90. The topological polar surface area (TPSA) is 68.5 Å². The minimum absolute atomic E-state index is 0.0306. The minimum atomic E-state index is -0.438. The summed E-state index contributed by atoms with van der Waals surface area (Å²) < 4.78 is 11.2. The summed E-state index contributed by atoms with van der Waals surface area (Å²) in [7, 11) is 1.53. The van der Waals surface area contributed by atoms with E-state index < -0.39 is 5.91 Å². The highest BCUT2D eigenvalue weighted by Gasteiger charge is 2.20. The molecule has 5 nitrogen and oxygen atoms in total. The van der Waals surface area contributed by atoms with Crippen LogP contribution in [0.2, 0.25) is 10.0 Å². The van der Waals surface area contributed by atoms with Gasteiger partial charge in [0, 0.05) is 15.6 Å². The number of amides is 1. The third kappa shape index (κ3) is 3.90. The molecule has 4 rings (SSSR count). The zero-order valence-corrected chi connectivity index (χ0v) is 17.3. The van der Waals surface area contributed by atoms with Gasteiger partial charge in [0.25, 0.3) is 5.91 Å². The van der Waals surface area contributed by atoms with E-state index in [1.165, 1.54) is 13.2 Å². The summed E-state index contributed by atoms with van der Waals surface area (Å²) >= 11 is 12.0. The largest absolute Gasteiger partial charge is 0.497 e. The first kappa shape index (κ1) is 20.0. The molecule has 0 spiro atoms. The molecule has 0 aliphatic carbocycles. The number of methoxy groups -OCH3 is 1. The van der Waals surface area contributed by atoms with E-state index in [1.807, 2.05) is 0 Å². The number of fused-ring (bicyclic) bond motifs is 1. The molecule has 1 aromatic heterocycles. The number of benzene rings is 3. The average Bonchev–Trinajstić information content (AvgIpc) is 2.75. The summed E-state index contributed by atoms with van der Waals surface area (Å²) in [5.74, 6) is 0.156. The van der Waals surface area contributed by atoms with Crippen molar-refractivity contribution in [1.82, 2.24) is 0 Å². The second kappa shape index (κ2) is 8.22. The Bertz CT molecular complexity index is 1310. The van der Waals surface area contributed by atoms with Gasteiger partial charge in [-0.05, 0) is 60.2 Å². The molecule has 150 valence electrons. The lowest BCUT2D eigenvalue weighted by atomic mass is 10.0. The molecule has 0 aliphatic rings. The van der Waals surface area contributed by atoms with E-state index in [9.17, 15) is 9.59 Å². The lowest BCUT2D eigenvalue weighted by molar-refractivity contribution is 0.102. The molecule has 0 saturated carbocycles. The zero-order chi connectivity index (χ0) is 21.3. The van der Waals surface area contributed by atoms with Gasteiger partial charge in [-0.3, -0.25) is 14.9 Å². The Morgan fingerprint density at radius 2 is 1.70 bits per heavy atom. The highest BCUT2D eigenvalue weighted by molar-refractivity contribution is 6.31. The van der Waals surface area contributed by atoms with Gasteiger partial charge in [0.05, 0.1) is 18.1 Å². The van der Waals surface area contributed by atoms with Crippen LogP contribution >= 0.6 is 23.2 Å². The van der Waals surface area contributed by atoms with E-state index >= 15 is 0 Å². The summed E-state index contributed by atoms with van der Waals surface area (Å²) in [5, 5.41) is 3.94. The molecule has 0 unspecified atom stereocenters. The van der Waals surface area contributed by atoms with Gasteiger partial charge in [0.2, 0.25) is 11.3 Å². The first-order valence-corrected chi connectivity index (χ1v) is 9.69. The van der Waals surface area contributed by atoms with Crippen LogP contribution in [0.5, 0.6) is 5.75 Å². The number of carbonyl (C=O) groups is 1. The van der Waals surface area contributed by atoms with Gasteiger partial charge >= 0.3 is 0 Å². The molecule has 0 fully saturated rings. The summed E-state index contributed by atoms with van der Waals surface area (Å²) in [6, 6.07) is 18.1. The van der Waals surface area contributed by atoms with E-state index in [1.54, 1.807) is 60.7 Å². The number of halogens is 2. The molecule has 1 heterocycles. The molecule has 0 bridgehead atoms. The van der Waals surface area contributed by atoms with Crippen molar-refractivity contribution >= 4 is 46.0 Å². The smallest absolute Gasteiger partial charge is 0.257 e. The maximum Gasteiger partial charge on any atom is 0.257 e. The Labute approximate surface area is 181 Å². The summed E-state index contributed by atoms with van der Waals surface area (Å²) in [6.45, 7) is 0. The van der Waals surface area contributed by atoms with Gasteiger partial charge in [-0.15, -0.1) is 0 Å². The molecule has 1 amide bonds. The SMILES string of the molecule is COc1cccc(-c2c(NC(=O)c3ccc(Cl)cc3)oc3ccc(Cl)cc3c2=O)c1. The number of ether oxygens (including phenoxy) is 1. The Kier molecular flexibility index (Phi) is 5.48. The fourth-order valence-electron chi connectivity index (χ4n) is 3.07. The van der Waals surface area contributed by atoms with Crippen LogP contribution in [0.15, 0.2) is 75.9 Å². The van der Waals surface area contributed by atoms with Crippen molar-refractivity contribution < 1.29 is 13.9 Å². The van der Waals surface area contributed by atoms with Gasteiger partial charge < -0.3 is 9.15 Å². The van der Waals surface area contributed by atoms with E-state index in [0.717, 1.165) is 0 Å². The molecule has 7 heteroatoms. The van der Waals surface area contributed by atoms with Crippen molar-refractivity contribution in [3.05, 3.63) is 92.6 Å². The average molecular weight is 440 g/mol. The Morgan fingerprint density at radius 1 is 0.967 bits per heavy atom. The second-order valence-corrected chi connectivity index (χ2v) is 7.34. The van der Waals surface area contributed by atoms with Crippen LogP contribution in [0.3, 0.4) is 0 Å². The highest BCUT2D eigenvalue weighted by atomic mass is 35.5. The highest BCUT2D eigenvalue weighted by Crippen LogP contribution is 2.32. The molecular weight excluding hydrogens is 425 g/mol. The first-order chi connectivity index (χ1) is 14.5. The summed E-state index contributed by atoms with van der Waals surface area (Å²) in [4.78, 5) is 26.1. The van der Waals surface area contributed by atoms with Crippen LogP contribution in [0, 0.1) is 0 Å². The molecule has 4 aromatic rings. The standard InChI is InChI=1S/C23H15Cl2NO4/c1-29-17-4-2-3-14(11-17)20-21(27)18-12-16(25)9-10-19(18)30-23(20)26-22(28)13-5-7-15(24)8-6-13/h2-12H,1H3,(H,26,28). The third-order valence-corrected chi connectivity index (χ3v) is 5.03. The third-order valence-electron chi connectivity index (χ3n) is 4.54. The van der Waals surface area contributed by atoms with E-state index in [0.29, 0.717) is 37.9 Å². The van der Waals surface area contributed by atoms with Crippen LogP contribution in [-0.2, 0) is 0 Å². The molecule has 0 saturated heterocycles. The second-order valence-electron chi connectivity index (χ2n) is 6.47. The van der Waals surface area contributed by atoms with Gasteiger partial charge in [-0.1, -0.05) is 35.3 Å². The van der Waals surface area contributed by atoms with Gasteiger partial charge in [0.1, 0.15) is 11.3 Å². The van der Waals surface area contributed by atoms with Gasteiger partial charge in [-0.2, -0.15) is 0 Å². The predicted octanol–water partition coefficient (Wildman–Crippen LogP) is 6.03. The number of carbonyl (C=O) groups excluding carboxylic acids is 1. The normalized spacial score (nSPS) is 10.8. The number of hydrogen-bond acceptors (Lipinski definition) is 4. The van der Waals surface area contributed by atoms with Crippen LogP contribution in [0.4, 0.5) is 5.88 Å². The molecule has 3 aromatic carbocycles. The monoisotopic (exact) mass is 439 g/mol. The Hall–Kier alpha value is -3.28. The molecule has 0 aliphatic heterocycles. The Morgan fingerprint density at radius 3 is 2.43 bits per heavy atom. The number of hydrogen-bond donors (Lipinski definition) is 1. The fourth-order valence-corrected chi connectivity index (χ4v) is 3.37. The van der Waals surface area contributed by atoms with Crippen molar-refractivity contribution in [3.63, 3.8) is 0 Å². The van der Waals surface area contributed by atoms with Gasteiger partial charge in [0.15, 0.2) is 0 Å². The van der Waals surface area contributed by atoms with Crippen LogP contribution in [0.1, 0.15) is 10.4 Å².